The van der Waals surface area contributed by atoms with Crippen LogP contribution in [0.5, 0.6) is 0 Å². The molecule has 1 atom stereocenters. The van der Waals surface area contributed by atoms with Gasteiger partial charge in [0.05, 0.1) is 0 Å². The topological polar surface area (TPSA) is 36.9 Å². The van der Waals surface area contributed by atoms with Gasteiger partial charge in [-0.15, -0.1) is 5.06 Å². The molecule has 0 unspecified atom stereocenters. The molecule has 0 amide bonds. The Balaban J connectivity index is 1.83. The summed E-state index contributed by atoms with van der Waals surface area (Å²) in [6, 6.07) is 14.9. The monoisotopic (exact) mass is 297 g/mol. The van der Waals surface area contributed by atoms with Crippen LogP contribution >= 0.6 is 0 Å². The van der Waals surface area contributed by atoms with Gasteiger partial charge in [0.1, 0.15) is 0 Å². The second-order valence-electron chi connectivity index (χ2n) is 5.43. The zero-order valence-electron chi connectivity index (χ0n) is 13.2. The van der Waals surface area contributed by atoms with Crippen LogP contribution in [0.1, 0.15) is 32.0 Å². The van der Waals surface area contributed by atoms with E-state index >= 15 is 0 Å². The second kappa shape index (κ2) is 6.90. The summed E-state index contributed by atoms with van der Waals surface area (Å²) < 4.78 is 0. The van der Waals surface area contributed by atoms with Crippen LogP contribution in [0, 0.1) is 0 Å². The summed E-state index contributed by atoms with van der Waals surface area (Å²) in [5, 5.41) is 7.75. The highest BCUT2D eigenvalue weighted by atomic mass is 16.7. The van der Waals surface area contributed by atoms with Crippen molar-refractivity contribution in [3.05, 3.63) is 48.0 Å². The minimum atomic E-state index is -0.0359. The Morgan fingerprint density at radius 2 is 1.95 bits per heavy atom. The van der Waals surface area contributed by atoms with E-state index in [0.29, 0.717) is 0 Å². The summed E-state index contributed by atoms with van der Waals surface area (Å²) in [7, 11) is 0. The van der Waals surface area contributed by atoms with Crippen molar-refractivity contribution in [2.24, 2.45) is 4.99 Å². The van der Waals surface area contributed by atoms with Crippen molar-refractivity contribution < 1.29 is 4.84 Å². The van der Waals surface area contributed by atoms with Crippen LogP contribution in [0.2, 0.25) is 0 Å². The molecule has 1 heterocycles. The SMILES string of the molecule is CCNCCC1=N[C@H](c2ccc3ccccc3c2)N(CC)O1. The van der Waals surface area contributed by atoms with Gasteiger partial charge in [0.25, 0.3) is 0 Å². The van der Waals surface area contributed by atoms with Gasteiger partial charge in [-0.2, -0.15) is 0 Å². The van der Waals surface area contributed by atoms with E-state index < -0.39 is 0 Å². The first kappa shape index (κ1) is 15.0. The molecule has 0 bridgehead atoms. The molecule has 0 aromatic heterocycles. The zero-order valence-corrected chi connectivity index (χ0v) is 13.2. The van der Waals surface area contributed by atoms with E-state index in [1.807, 2.05) is 5.06 Å². The number of hydrogen-bond donors (Lipinski definition) is 1. The average molecular weight is 297 g/mol. The van der Waals surface area contributed by atoms with Gasteiger partial charge in [0.15, 0.2) is 6.17 Å². The highest BCUT2D eigenvalue weighted by molar-refractivity contribution is 5.83. The van der Waals surface area contributed by atoms with Crippen molar-refractivity contribution in [3.8, 4) is 0 Å². The lowest BCUT2D eigenvalue weighted by Gasteiger charge is -2.20. The predicted octanol–water partition coefficient (Wildman–Crippen LogP) is 3.50. The minimum Gasteiger partial charge on any atom is -0.388 e. The molecule has 0 radical (unpaired) electrons. The first-order valence-electron chi connectivity index (χ1n) is 8.02. The minimum absolute atomic E-state index is 0.0359. The van der Waals surface area contributed by atoms with Crippen molar-refractivity contribution in [1.82, 2.24) is 10.4 Å². The Bertz CT molecular complexity index is 668. The Hall–Kier alpha value is -1.91. The van der Waals surface area contributed by atoms with Crippen molar-refractivity contribution in [3.63, 3.8) is 0 Å². The highest BCUT2D eigenvalue weighted by Gasteiger charge is 2.28. The van der Waals surface area contributed by atoms with Gasteiger partial charge < -0.3 is 10.2 Å². The van der Waals surface area contributed by atoms with Gasteiger partial charge >= 0.3 is 0 Å². The molecular weight excluding hydrogens is 274 g/mol. The Kier molecular flexibility index (Phi) is 4.71. The number of nitrogens with zero attached hydrogens (tertiary/aromatic N) is 2. The first-order valence-corrected chi connectivity index (χ1v) is 8.02. The van der Waals surface area contributed by atoms with Crippen LogP contribution in [-0.4, -0.2) is 30.6 Å². The number of nitrogens with one attached hydrogen (secondary N) is 1. The van der Waals surface area contributed by atoms with E-state index in [4.69, 9.17) is 9.83 Å². The smallest absolute Gasteiger partial charge is 0.213 e. The van der Waals surface area contributed by atoms with Crippen molar-refractivity contribution >= 4 is 16.7 Å². The fraction of sp³-hybridized carbons (Fsp3) is 0.389. The molecular formula is C18H23N3O. The van der Waals surface area contributed by atoms with E-state index in [1.165, 1.54) is 16.3 Å². The van der Waals surface area contributed by atoms with Crippen LogP contribution in [0.25, 0.3) is 10.8 Å². The molecule has 0 saturated heterocycles. The molecule has 3 rings (SSSR count). The van der Waals surface area contributed by atoms with E-state index in [9.17, 15) is 0 Å². The third-order valence-electron chi connectivity index (χ3n) is 3.91. The summed E-state index contributed by atoms with van der Waals surface area (Å²) in [5.41, 5.74) is 1.18. The number of benzene rings is 2. The van der Waals surface area contributed by atoms with Crippen molar-refractivity contribution in [2.75, 3.05) is 19.6 Å². The van der Waals surface area contributed by atoms with E-state index in [-0.39, 0.29) is 6.17 Å². The summed E-state index contributed by atoms with van der Waals surface area (Å²) >= 11 is 0. The first-order chi connectivity index (χ1) is 10.8. The quantitative estimate of drug-likeness (QED) is 0.829. The average Bonchev–Trinajstić information content (AvgIpc) is 2.98. The van der Waals surface area contributed by atoms with Gasteiger partial charge in [-0.1, -0.05) is 43.3 Å². The van der Waals surface area contributed by atoms with Gasteiger partial charge in [-0.25, -0.2) is 4.99 Å². The van der Waals surface area contributed by atoms with Gasteiger partial charge in [0.2, 0.25) is 5.90 Å². The second-order valence-corrected chi connectivity index (χ2v) is 5.43. The maximum Gasteiger partial charge on any atom is 0.213 e. The summed E-state index contributed by atoms with van der Waals surface area (Å²) in [6.45, 7) is 6.88. The van der Waals surface area contributed by atoms with Crippen LogP contribution in [0.15, 0.2) is 47.5 Å². The molecule has 0 saturated carbocycles. The maximum absolute atomic E-state index is 5.88. The van der Waals surface area contributed by atoms with E-state index in [0.717, 1.165) is 32.0 Å². The lowest BCUT2D eigenvalue weighted by atomic mass is 10.1. The molecule has 1 aliphatic heterocycles. The van der Waals surface area contributed by atoms with Crippen LogP contribution in [0.4, 0.5) is 0 Å². The summed E-state index contributed by atoms with van der Waals surface area (Å²) in [5.74, 6) is 0.820. The molecule has 4 nitrogen and oxygen atoms in total. The number of hydroxylamine groups is 2. The van der Waals surface area contributed by atoms with Crippen molar-refractivity contribution in [1.29, 1.82) is 0 Å². The molecule has 2 aromatic carbocycles. The Morgan fingerprint density at radius 3 is 2.73 bits per heavy atom. The fourth-order valence-electron chi connectivity index (χ4n) is 2.74. The predicted molar refractivity (Wildman–Crippen MR) is 90.7 cm³/mol. The molecule has 116 valence electrons. The lowest BCUT2D eigenvalue weighted by molar-refractivity contribution is -0.0815. The molecule has 4 heteroatoms. The van der Waals surface area contributed by atoms with Crippen LogP contribution in [0.3, 0.4) is 0 Å². The standard InChI is InChI=1S/C18H23N3O/c1-3-19-12-11-17-20-18(21(4-2)22-17)16-10-9-14-7-5-6-8-15(14)13-16/h5-10,13,18-19H,3-4,11-12H2,1-2H3/t18-/m0/s1. The zero-order chi connectivity index (χ0) is 15.4. The highest BCUT2D eigenvalue weighted by Crippen LogP contribution is 2.30. The lowest BCUT2D eigenvalue weighted by Crippen LogP contribution is -2.24. The van der Waals surface area contributed by atoms with E-state index in [1.54, 1.807) is 0 Å². The van der Waals surface area contributed by atoms with Crippen LogP contribution < -0.4 is 5.32 Å². The fourth-order valence-corrected chi connectivity index (χ4v) is 2.74. The Labute approximate surface area is 131 Å². The molecule has 2 aromatic rings. The van der Waals surface area contributed by atoms with Gasteiger partial charge in [-0.3, -0.25) is 0 Å². The number of rotatable bonds is 6. The molecule has 0 aliphatic carbocycles. The third kappa shape index (κ3) is 3.13. The molecule has 1 aliphatic rings. The largest absolute Gasteiger partial charge is 0.388 e. The summed E-state index contributed by atoms with van der Waals surface area (Å²) in [4.78, 5) is 10.6. The maximum atomic E-state index is 5.88. The third-order valence-corrected chi connectivity index (χ3v) is 3.91. The number of hydrogen-bond acceptors (Lipinski definition) is 4. The molecule has 1 N–H and O–H groups in total. The summed E-state index contributed by atoms with van der Waals surface area (Å²) in [6.07, 6.45) is 0.792. The number of fused-ring (bicyclic) bond motifs is 1. The van der Waals surface area contributed by atoms with Crippen LogP contribution in [-0.2, 0) is 4.84 Å². The number of aliphatic imine (C=N–C) groups is 1. The van der Waals surface area contributed by atoms with Crippen molar-refractivity contribution in [2.45, 2.75) is 26.4 Å². The van der Waals surface area contributed by atoms with Gasteiger partial charge in [-0.05, 0) is 35.9 Å². The Morgan fingerprint density at radius 1 is 1.14 bits per heavy atom. The normalized spacial score (nSPS) is 18.5. The molecule has 0 spiro atoms. The molecule has 0 fully saturated rings. The van der Waals surface area contributed by atoms with Gasteiger partial charge in [0, 0.05) is 19.5 Å². The van der Waals surface area contributed by atoms with E-state index in [2.05, 4.69) is 61.6 Å². The molecule has 22 heavy (non-hydrogen) atoms.